The highest BCUT2D eigenvalue weighted by Crippen LogP contribution is 2.39. The number of ether oxygens (including phenoxy) is 2. The largest absolute Gasteiger partial charge is 0.464 e. The lowest BCUT2D eigenvalue weighted by atomic mass is 9.80. The van der Waals surface area contributed by atoms with Crippen LogP contribution in [0.2, 0.25) is 0 Å². The predicted molar refractivity (Wildman–Crippen MR) is 81.4 cm³/mol. The zero-order chi connectivity index (χ0) is 17.7. The Labute approximate surface area is 136 Å². The van der Waals surface area contributed by atoms with Crippen LogP contribution < -0.4 is 5.32 Å². The molecule has 0 bridgehead atoms. The average molecular weight is 335 g/mol. The number of rotatable bonds is 5. The maximum Gasteiger partial charge on any atom is 0.408 e. The van der Waals surface area contributed by atoms with Gasteiger partial charge < -0.3 is 14.8 Å². The summed E-state index contributed by atoms with van der Waals surface area (Å²) in [6, 6.07) is 0. The van der Waals surface area contributed by atoms with Crippen LogP contribution in [0.1, 0.15) is 66.2 Å². The van der Waals surface area contributed by atoms with E-state index in [4.69, 9.17) is 9.47 Å². The van der Waals surface area contributed by atoms with Gasteiger partial charge in [0.25, 0.3) is 0 Å². The molecule has 1 N–H and O–H groups in total. The minimum atomic E-state index is -2.82. The van der Waals surface area contributed by atoms with Crippen molar-refractivity contribution < 1.29 is 27.8 Å². The monoisotopic (exact) mass is 335 g/mol. The fourth-order valence-corrected chi connectivity index (χ4v) is 2.37. The van der Waals surface area contributed by atoms with Gasteiger partial charge in [-0.25, -0.2) is 18.4 Å². The second-order valence-electron chi connectivity index (χ2n) is 7.05. The minimum absolute atomic E-state index is 0.162. The Bertz CT molecular complexity index is 422. The van der Waals surface area contributed by atoms with Gasteiger partial charge in [0.1, 0.15) is 11.1 Å². The van der Waals surface area contributed by atoms with Crippen LogP contribution in [0.4, 0.5) is 13.6 Å². The van der Waals surface area contributed by atoms with Gasteiger partial charge in [-0.15, -0.1) is 0 Å². The third-order valence-electron chi connectivity index (χ3n) is 3.70. The second kappa shape index (κ2) is 7.45. The number of carbonyl (C=O) groups excluding carboxylic acids is 2. The van der Waals surface area contributed by atoms with Crippen LogP contribution in [0.25, 0.3) is 0 Å². The summed E-state index contributed by atoms with van der Waals surface area (Å²) in [5.74, 6) is -3.48. The van der Waals surface area contributed by atoms with Gasteiger partial charge >= 0.3 is 12.1 Å². The molecule has 0 atom stereocenters. The van der Waals surface area contributed by atoms with Crippen molar-refractivity contribution in [3.63, 3.8) is 0 Å². The molecule has 1 fully saturated rings. The Kier molecular flexibility index (Phi) is 6.36. The van der Waals surface area contributed by atoms with E-state index in [-0.39, 0.29) is 19.4 Å². The van der Waals surface area contributed by atoms with E-state index in [9.17, 15) is 18.4 Å². The van der Waals surface area contributed by atoms with E-state index in [0.717, 1.165) is 6.42 Å². The zero-order valence-corrected chi connectivity index (χ0v) is 14.3. The third kappa shape index (κ3) is 6.31. The Morgan fingerprint density at radius 1 is 1.13 bits per heavy atom. The van der Waals surface area contributed by atoms with Crippen molar-refractivity contribution in [1.29, 1.82) is 0 Å². The molecule has 0 aromatic rings. The molecule has 5 nitrogen and oxygen atoms in total. The number of alkyl carbamates (subject to hydrolysis) is 1. The van der Waals surface area contributed by atoms with Crippen LogP contribution in [0, 0.1) is 0 Å². The molecule has 0 aromatic heterocycles. The molecule has 0 spiro atoms. The molecule has 1 amide bonds. The lowest BCUT2D eigenvalue weighted by Crippen LogP contribution is -2.59. The number of nitrogens with one attached hydrogen (secondary N) is 1. The summed E-state index contributed by atoms with van der Waals surface area (Å²) < 4.78 is 37.2. The molecule has 23 heavy (non-hydrogen) atoms. The molecule has 1 saturated carbocycles. The van der Waals surface area contributed by atoms with Gasteiger partial charge in [0.2, 0.25) is 5.92 Å². The van der Waals surface area contributed by atoms with Gasteiger partial charge in [0, 0.05) is 12.8 Å². The van der Waals surface area contributed by atoms with E-state index in [1.807, 2.05) is 6.92 Å². The smallest absolute Gasteiger partial charge is 0.408 e. The maximum atomic E-state index is 13.4. The number of amides is 1. The van der Waals surface area contributed by atoms with E-state index in [0.29, 0.717) is 6.42 Å². The molecule has 1 rings (SSSR count). The summed E-state index contributed by atoms with van der Waals surface area (Å²) in [5.41, 5.74) is -2.17. The summed E-state index contributed by atoms with van der Waals surface area (Å²) in [6.07, 6.45) is -0.524. The van der Waals surface area contributed by atoms with Gasteiger partial charge in [-0.1, -0.05) is 13.3 Å². The topological polar surface area (TPSA) is 64.6 Å². The molecule has 7 heteroatoms. The lowest BCUT2D eigenvalue weighted by molar-refractivity contribution is -0.157. The van der Waals surface area contributed by atoms with E-state index < -0.39 is 42.0 Å². The number of hydrogen-bond donors (Lipinski definition) is 1. The summed E-state index contributed by atoms with van der Waals surface area (Å²) in [7, 11) is 0. The van der Waals surface area contributed by atoms with E-state index in [1.165, 1.54) is 0 Å². The first-order valence-electron chi connectivity index (χ1n) is 8.06. The van der Waals surface area contributed by atoms with Crippen LogP contribution in [0.15, 0.2) is 0 Å². The molecule has 0 heterocycles. The number of esters is 1. The zero-order valence-electron chi connectivity index (χ0n) is 14.3. The second-order valence-corrected chi connectivity index (χ2v) is 7.05. The van der Waals surface area contributed by atoms with Crippen molar-refractivity contribution in [2.24, 2.45) is 0 Å². The average Bonchev–Trinajstić information content (AvgIpc) is 2.39. The first-order valence-corrected chi connectivity index (χ1v) is 8.06. The molecule has 0 saturated heterocycles. The summed E-state index contributed by atoms with van der Waals surface area (Å²) in [6.45, 7) is 7.22. The molecular weight excluding hydrogens is 308 g/mol. The molecule has 0 aliphatic heterocycles. The van der Waals surface area contributed by atoms with Crippen LogP contribution >= 0.6 is 0 Å². The quantitative estimate of drug-likeness (QED) is 0.613. The maximum absolute atomic E-state index is 13.4. The van der Waals surface area contributed by atoms with E-state index in [2.05, 4.69) is 5.32 Å². The van der Waals surface area contributed by atoms with E-state index in [1.54, 1.807) is 20.8 Å². The highest BCUT2D eigenvalue weighted by molar-refractivity contribution is 5.86. The van der Waals surface area contributed by atoms with Crippen LogP contribution in [-0.2, 0) is 14.3 Å². The highest BCUT2D eigenvalue weighted by atomic mass is 19.3. The highest BCUT2D eigenvalue weighted by Gasteiger charge is 2.50. The Morgan fingerprint density at radius 3 is 2.17 bits per heavy atom. The third-order valence-corrected chi connectivity index (χ3v) is 3.70. The molecule has 1 aliphatic carbocycles. The number of carbonyl (C=O) groups is 2. The lowest BCUT2D eigenvalue weighted by Gasteiger charge is -2.38. The summed E-state index contributed by atoms with van der Waals surface area (Å²) in [4.78, 5) is 24.4. The van der Waals surface area contributed by atoms with E-state index >= 15 is 0 Å². The first kappa shape index (κ1) is 19.6. The van der Waals surface area contributed by atoms with Crippen molar-refractivity contribution in [3.05, 3.63) is 0 Å². The van der Waals surface area contributed by atoms with Crippen molar-refractivity contribution in [3.8, 4) is 0 Å². The SMILES string of the molecule is CCCCOC(=O)C1(NC(=O)OC(C)(C)C)CCC(F)(F)CC1. The normalized spacial score (nSPS) is 19.7. The number of hydrogen-bond acceptors (Lipinski definition) is 4. The first-order chi connectivity index (χ1) is 10.5. The van der Waals surface area contributed by atoms with Crippen LogP contribution in [-0.4, -0.2) is 35.7 Å². The fraction of sp³-hybridized carbons (Fsp3) is 0.875. The van der Waals surface area contributed by atoms with Crippen molar-refractivity contribution in [1.82, 2.24) is 5.32 Å². The Hall–Kier alpha value is -1.40. The van der Waals surface area contributed by atoms with Gasteiger partial charge in [0.15, 0.2) is 0 Å². The number of halogens is 2. The summed E-state index contributed by atoms with van der Waals surface area (Å²) in [5, 5.41) is 2.48. The number of unbranched alkanes of at least 4 members (excludes halogenated alkanes) is 1. The Morgan fingerprint density at radius 2 is 1.70 bits per heavy atom. The number of alkyl halides is 2. The molecule has 134 valence electrons. The minimum Gasteiger partial charge on any atom is -0.464 e. The van der Waals surface area contributed by atoms with Gasteiger partial charge in [-0.05, 0) is 40.0 Å². The predicted octanol–water partition coefficient (Wildman–Crippen LogP) is 3.80. The molecule has 0 unspecified atom stereocenters. The van der Waals surface area contributed by atoms with Crippen molar-refractivity contribution in [2.45, 2.75) is 83.3 Å². The van der Waals surface area contributed by atoms with Crippen LogP contribution in [0.5, 0.6) is 0 Å². The molecule has 0 aromatic carbocycles. The molecule has 0 radical (unpaired) electrons. The van der Waals surface area contributed by atoms with Gasteiger partial charge in [0.05, 0.1) is 6.61 Å². The summed E-state index contributed by atoms with van der Waals surface area (Å²) >= 11 is 0. The molecular formula is C16H27F2NO4. The molecule has 1 aliphatic rings. The standard InChI is InChI=1S/C16H27F2NO4/c1-5-6-11-22-12(20)15(7-9-16(17,18)10-8-15)19-13(21)23-14(2,3)4/h5-11H2,1-4H3,(H,19,21). The van der Waals surface area contributed by atoms with Gasteiger partial charge in [-0.2, -0.15) is 0 Å². The van der Waals surface area contributed by atoms with Crippen molar-refractivity contribution in [2.75, 3.05) is 6.61 Å². The van der Waals surface area contributed by atoms with Crippen LogP contribution in [0.3, 0.4) is 0 Å². The van der Waals surface area contributed by atoms with Crippen molar-refractivity contribution >= 4 is 12.1 Å². The fourth-order valence-electron chi connectivity index (χ4n) is 2.37. The Balaban J connectivity index is 2.81. The van der Waals surface area contributed by atoms with Gasteiger partial charge in [-0.3, -0.25) is 0 Å².